The molecule has 0 unspecified atom stereocenters. The topological polar surface area (TPSA) is 54.9 Å². The highest BCUT2D eigenvalue weighted by atomic mass is 32.1. The molecule has 1 aromatic heterocycles. The minimum Gasteiger partial charge on any atom is -0.454 e. The number of carbonyl (C=O) groups excluding carboxylic acids is 1. The Morgan fingerprint density at radius 2 is 2.10 bits per heavy atom. The lowest BCUT2D eigenvalue weighted by Gasteiger charge is -2.33. The van der Waals surface area contributed by atoms with Crippen LogP contribution in [0.25, 0.3) is 10.2 Å². The summed E-state index contributed by atoms with van der Waals surface area (Å²) in [6.07, 6.45) is 2.24. The van der Waals surface area contributed by atoms with Crippen molar-refractivity contribution in [2.45, 2.75) is 32.2 Å². The van der Waals surface area contributed by atoms with Gasteiger partial charge in [0.1, 0.15) is 0 Å². The second kappa shape index (κ2) is 8.85. The molecule has 0 saturated carbocycles. The van der Waals surface area contributed by atoms with Gasteiger partial charge < -0.3 is 14.4 Å². The normalized spacial score (nSPS) is 18.4. The van der Waals surface area contributed by atoms with Crippen LogP contribution in [0.15, 0.2) is 42.5 Å². The summed E-state index contributed by atoms with van der Waals surface area (Å²) < 4.78 is 12.1. The minimum atomic E-state index is 0.171. The SMILES string of the molecule is CCN(Cc1ccc2c(c1)OCO2)C(=O)CN1CCC[C@@H](c2nc3ccccc3s2)C1. The van der Waals surface area contributed by atoms with E-state index in [0.717, 1.165) is 48.5 Å². The zero-order valence-electron chi connectivity index (χ0n) is 17.8. The van der Waals surface area contributed by atoms with Gasteiger partial charge in [0.15, 0.2) is 11.5 Å². The predicted octanol–water partition coefficient (Wildman–Crippen LogP) is 4.25. The maximum atomic E-state index is 13.1. The zero-order valence-corrected chi connectivity index (χ0v) is 18.6. The Labute approximate surface area is 186 Å². The number of amides is 1. The number of rotatable bonds is 6. The largest absolute Gasteiger partial charge is 0.454 e. The molecule has 0 radical (unpaired) electrons. The first-order valence-corrected chi connectivity index (χ1v) is 11.8. The van der Waals surface area contributed by atoms with E-state index in [0.29, 0.717) is 25.6 Å². The Bertz CT molecular complexity index is 1050. The third-order valence-electron chi connectivity index (χ3n) is 6.07. The van der Waals surface area contributed by atoms with E-state index in [1.807, 2.05) is 36.1 Å². The fourth-order valence-corrected chi connectivity index (χ4v) is 5.49. The molecule has 1 fully saturated rings. The molecule has 0 N–H and O–H groups in total. The summed E-state index contributed by atoms with van der Waals surface area (Å²) >= 11 is 1.79. The van der Waals surface area contributed by atoms with Gasteiger partial charge in [0.25, 0.3) is 0 Å². The summed E-state index contributed by atoms with van der Waals surface area (Å²) in [5.41, 5.74) is 2.14. The highest BCUT2D eigenvalue weighted by Gasteiger charge is 2.26. The summed E-state index contributed by atoms with van der Waals surface area (Å²) in [5.74, 6) is 2.11. The fourth-order valence-electron chi connectivity index (χ4n) is 4.39. The minimum absolute atomic E-state index is 0.171. The van der Waals surface area contributed by atoms with Crippen LogP contribution < -0.4 is 9.47 Å². The van der Waals surface area contributed by atoms with Gasteiger partial charge in [0.05, 0.1) is 21.8 Å². The summed E-state index contributed by atoms with van der Waals surface area (Å²) in [6, 6.07) is 14.2. The van der Waals surface area contributed by atoms with Crippen molar-refractivity contribution in [3.8, 4) is 11.5 Å². The molecule has 1 amide bonds. The molecule has 6 nitrogen and oxygen atoms in total. The van der Waals surface area contributed by atoms with Crippen LogP contribution in [-0.4, -0.2) is 53.7 Å². The number of para-hydroxylation sites is 1. The summed E-state index contributed by atoms with van der Waals surface area (Å²) in [6.45, 7) is 5.89. The first-order valence-electron chi connectivity index (χ1n) is 10.9. The smallest absolute Gasteiger partial charge is 0.237 e. The molecule has 0 bridgehead atoms. The van der Waals surface area contributed by atoms with Crippen molar-refractivity contribution in [1.29, 1.82) is 0 Å². The van der Waals surface area contributed by atoms with E-state index in [-0.39, 0.29) is 12.7 Å². The molecule has 7 heteroatoms. The standard InChI is InChI=1S/C24H27N3O3S/c1-2-27(13-17-9-10-20-21(12-17)30-16-29-20)23(28)15-26-11-5-6-18(14-26)24-25-19-7-3-4-8-22(19)31-24/h3-4,7-10,12,18H,2,5-6,11,13-16H2,1H3/t18-/m1/s1. The average molecular weight is 438 g/mol. The van der Waals surface area contributed by atoms with Crippen molar-refractivity contribution in [2.24, 2.45) is 0 Å². The molecule has 2 aliphatic heterocycles. The third-order valence-corrected chi connectivity index (χ3v) is 7.27. The van der Waals surface area contributed by atoms with Gasteiger partial charge in [-0.3, -0.25) is 9.69 Å². The number of piperidine rings is 1. The molecule has 0 aliphatic carbocycles. The third kappa shape index (κ3) is 4.38. The Balaban J connectivity index is 1.22. The number of benzene rings is 2. The number of hydrogen-bond donors (Lipinski definition) is 0. The van der Waals surface area contributed by atoms with E-state index < -0.39 is 0 Å². The van der Waals surface area contributed by atoms with Crippen molar-refractivity contribution >= 4 is 27.5 Å². The van der Waals surface area contributed by atoms with Gasteiger partial charge in [-0.2, -0.15) is 0 Å². The number of likely N-dealkylation sites (tertiary alicyclic amines) is 1. The van der Waals surface area contributed by atoms with E-state index in [2.05, 4.69) is 23.1 Å². The van der Waals surface area contributed by atoms with Gasteiger partial charge in [-0.15, -0.1) is 11.3 Å². The van der Waals surface area contributed by atoms with Crippen molar-refractivity contribution in [3.05, 3.63) is 53.0 Å². The Hall–Kier alpha value is -2.64. The number of likely N-dealkylation sites (N-methyl/N-ethyl adjacent to an activating group) is 1. The van der Waals surface area contributed by atoms with E-state index in [1.165, 1.54) is 9.71 Å². The summed E-state index contributed by atoms with van der Waals surface area (Å²) in [7, 11) is 0. The molecular formula is C24H27N3O3S. The molecule has 2 aromatic carbocycles. The molecule has 0 spiro atoms. The molecule has 31 heavy (non-hydrogen) atoms. The van der Waals surface area contributed by atoms with E-state index >= 15 is 0 Å². The van der Waals surface area contributed by atoms with Crippen molar-refractivity contribution in [2.75, 3.05) is 33.0 Å². The highest BCUT2D eigenvalue weighted by molar-refractivity contribution is 7.18. The number of hydrogen-bond acceptors (Lipinski definition) is 6. The van der Waals surface area contributed by atoms with Crippen LogP contribution in [0.2, 0.25) is 0 Å². The van der Waals surface area contributed by atoms with Gasteiger partial charge >= 0.3 is 0 Å². The van der Waals surface area contributed by atoms with Crippen LogP contribution in [0.3, 0.4) is 0 Å². The van der Waals surface area contributed by atoms with E-state index in [1.54, 1.807) is 11.3 Å². The molecule has 1 atom stereocenters. The number of aromatic nitrogens is 1. The number of nitrogens with zero attached hydrogens (tertiary/aromatic N) is 3. The van der Waals surface area contributed by atoms with E-state index in [9.17, 15) is 4.79 Å². The number of carbonyl (C=O) groups is 1. The zero-order chi connectivity index (χ0) is 21.2. The van der Waals surface area contributed by atoms with Gasteiger partial charge in [0, 0.05) is 25.6 Å². The van der Waals surface area contributed by atoms with Crippen LogP contribution >= 0.6 is 11.3 Å². The molecule has 3 aromatic rings. The molecule has 1 saturated heterocycles. The molecule has 3 heterocycles. The number of thiazole rings is 1. The van der Waals surface area contributed by atoms with Crippen molar-refractivity contribution in [1.82, 2.24) is 14.8 Å². The second-order valence-electron chi connectivity index (χ2n) is 8.19. The fraction of sp³-hybridized carbons (Fsp3) is 0.417. The van der Waals surface area contributed by atoms with Gasteiger partial charge in [-0.1, -0.05) is 18.2 Å². The molecule has 5 rings (SSSR count). The van der Waals surface area contributed by atoms with Crippen LogP contribution in [-0.2, 0) is 11.3 Å². The first-order chi connectivity index (χ1) is 15.2. The Kier molecular flexibility index (Phi) is 5.78. The quantitative estimate of drug-likeness (QED) is 0.577. The second-order valence-corrected chi connectivity index (χ2v) is 9.25. The lowest BCUT2D eigenvalue weighted by atomic mass is 9.98. The first kappa shape index (κ1) is 20.3. The maximum absolute atomic E-state index is 13.1. The number of ether oxygens (including phenoxy) is 2. The van der Waals surface area contributed by atoms with Crippen LogP contribution in [0, 0.1) is 0 Å². The van der Waals surface area contributed by atoms with Gasteiger partial charge in [-0.05, 0) is 56.1 Å². The lowest BCUT2D eigenvalue weighted by molar-refractivity contribution is -0.133. The highest BCUT2D eigenvalue weighted by Crippen LogP contribution is 2.34. The van der Waals surface area contributed by atoms with E-state index in [4.69, 9.17) is 14.5 Å². The molecule has 162 valence electrons. The van der Waals surface area contributed by atoms with Crippen LogP contribution in [0.5, 0.6) is 11.5 Å². The lowest BCUT2D eigenvalue weighted by Crippen LogP contribution is -2.43. The number of fused-ring (bicyclic) bond motifs is 2. The monoisotopic (exact) mass is 437 g/mol. The van der Waals surface area contributed by atoms with Crippen molar-refractivity contribution in [3.63, 3.8) is 0 Å². The van der Waals surface area contributed by atoms with Gasteiger partial charge in [-0.25, -0.2) is 4.98 Å². The Morgan fingerprint density at radius 1 is 1.23 bits per heavy atom. The van der Waals surface area contributed by atoms with Crippen LogP contribution in [0.4, 0.5) is 0 Å². The van der Waals surface area contributed by atoms with Crippen LogP contribution in [0.1, 0.15) is 36.3 Å². The van der Waals surface area contributed by atoms with Gasteiger partial charge in [0.2, 0.25) is 12.7 Å². The molecule has 2 aliphatic rings. The summed E-state index contributed by atoms with van der Waals surface area (Å²) in [5, 5.41) is 1.20. The predicted molar refractivity (Wildman–Crippen MR) is 122 cm³/mol. The summed E-state index contributed by atoms with van der Waals surface area (Å²) in [4.78, 5) is 22.2. The average Bonchev–Trinajstić information content (AvgIpc) is 3.44. The molecular weight excluding hydrogens is 410 g/mol. The maximum Gasteiger partial charge on any atom is 0.237 e. The Morgan fingerprint density at radius 3 is 2.97 bits per heavy atom. The van der Waals surface area contributed by atoms with Crippen molar-refractivity contribution < 1.29 is 14.3 Å².